The molecule has 1 aliphatic heterocycles. The number of esters is 1. The van der Waals surface area contributed by atoms with Crippen LogP contribution in [-0.2, 0) is 9.53 Å². The summed E-state index contributed by atoms with van der Waals surface area (Å²) in [4.78, 5) is 14.9. The van der Waals surface area contributed by atoms with Gasteiger partial charge in [-0.2, -0.15) is 0 Å². The van der Waals surface area contributed by atoms with Gasteiger partial charge in [0.15, 0.2) is 3.74 Å². The average molecular weight is 449 g/mol. The van der Waals surface area contributed by atoms with Crippen molar-refractivity contribution in [2.75, 3.05) is 20.1 Å². The SMILES string of the molecule is CN1CCC(C2(OC(=O)C(Br)Br)C3CC4CC(C3)CC2C4)CC1. The highest BCUT2D eigenvalue weighted by atomic mass is 79.9. The Labute approximate surface area is 156 Å². The molecule has 0 aromatic heterocycles. The van der Waals surface area contributed by atoms with Gasteiger partial charge in [0, 0.05) is 5.92 Å². The Bertz CT molecular complexity index is 446. The van der Waals surface area contributed by atoms with E-state index in [1.165, 1.54) is 44.9 Å². The van der Waals surface area contributed by atoms with Crippen LogP contribution in [0.3, 0.4) is 0 Å². The molecule has 5 aliphatic rings. The van der Waals surface area contributed by atoms with Crippen molar-refractivity contribution in [3.05, 3.63) is 0 Å². The molecule has 1 heterocycles. The van der Waals surface area contributed by atoms with Gasteiger partial charge in [0.2, 0.25) is 0 Å². The van der Waals surface area contributed by atoms with E-state index in [4.69, 9.17) is 4.74 Å². The molecular weight excluding hydrogens is 422 g/mol. The molecule has 4 aliphatic carbocycles. The summed E-state index contributed by atoms with van der Waals surface area (Å²) in [6.45, 7) is 2.28. The third kappa shape index (κ3) is 2.83. The van der Waals surface area contributed by atoms with Gasteiger partial charge in [-0.15, -0.1) is 0 Å². The van der Waals surface area contributed by atoms with E-state index in [9.17, 15) is 4.79 Å². The van der Waals surface area contributed by atoms with Crippen molar-refractivity contribution in [3.8, 4) is 0 Å². The van der Waals surface area contributed by atoms with E-state index >= 15 is 0 Å². The van der Waals surface area contributed by atoms with Gasteiger partial charge in [-0.3, -0.25) is 0 Å². The summed E-state index contributed by atoms with van der Waals surface area (Å²) >= 11 is 6.72. The lowest BCUT2D eigenvalue weighted by atomic mass is 9.46. The molecule has 0 N–H and O–H groups in total. The number of carbonyl (C=O) groups is 1. The number of likely N-dealkylation sites (tertiary alicyclic amines) is 1. The van der Waals surface area contributed by atoms with Crippen LogP contribution in [0.1, 0.15) is 44.9 Å². The molecule has 0 unspecified atom stereocenters. The van der Waals surface area contributed by atoms with Gasteiger partial charge >= 0.3 is 5.97 Å². The molecule has 0 spiro atoms. The largest absolute Gasteiger partial charge is 0.457 e. The van der Waals surface area contributed by atoms with Crippen LogP contribution in [0, 0.1) is 29.6 Å². The molecule has 1 saturated heterocycles. The fourth-order valence-corrected chi connectivity index (χ4v) is 6.70. The monoisotopic (exact) mass is 447 g/mol. The number of rotatable bonds is 3. The zero-order valence-corrected chi connectivity index (χ0v) is 17.0. The van der Waals surface area contributed by atoms with Crippen LogP contribution in [0.4, 0.5) is 0 Å². The molecule has 0 aromatic carbocycles. The Balaban J connectivity index is 1.65. The minimum Gasteiger partial charge on any atom is -0.457 e. The molecule has 0 atom stereocenters. The molecule has 4 bridgehead atoms. The lowest BCUT2D eigenvalue weighted by Crippen LogP contribution is -2.64. The number of nitrogens with zero attached hydrogens (tertiary/aromatic N) is 1. The fraction of sp³-hybridized carbons (Fsp3) is 0.944. The van der Waals surface area contributed by atoms with Crippen molar-refractivity contribution in [2.24, 2.45) is 29.6 Å². The summed E-state index contributed by atoms with van der Waals surface area (Å²) in [5, 5.41) is 0. The van der Waals surface area contributed by atoms with E-state index in [0.29, 0.717) is 17.8 Å². The molecule has 0 radical (unpaired) electrons. The van der Waals surface area contributed by atoms with Gasteiger partial charge in [0.05, 0.1) is 0 Å². The zero-order chi connectivity index (χ0) is 16.2. The van der Waals surface area contributed by atoms with Crippen molar-refractivity contribution in [2.45, 2.75) is 54.3 Å². The number of alkyl halides is 2. The molecule has 130 valence electrons. The first-order chi connectivity index (χ1) is 11.0. The molecular formula is C18H27Br2NO2. The first-order valence-corrected chi connectivity index (χ1v) is 11.0. The molecule has 5 fully saturated rings. The van der Waals surface area contributed by atoms with Crippen LogP contribution in [0.15, 0.2) is 0 Å². The maximum Gasteiger partial charge on any atom is 0.331 e. The number of carbonyl (C=O) groups excluding carboxylic acids is 1. The lowest BCUT2D eigenvalue weighted by Gasteiger charge is -2.63. The second-order valence-corrected chi connectivity index (χ2v) is 11.5. The number of ether oxygens (including phenoxy) is 1. The standard InChI is InChI=1S/C18H27Br2NO2/c1-21-4-2-13(3-5-21)18(23-17(22)16(19)20)14-7-11-6-12(9-14)10-15(18)8-11/h11-16H,2-10H2,1H3. The first-order valence-electron chi connectivity index (χ1n) is 9.18. The second kappa shape index (κ2) is 6.28. The summed E-state index contributed by atoms with van der Waals surface area (Å²) in [6.07, 6.45) is 8.97. The molecule has 0 amide bonds. The Morgan fingerprint density at radius 2 is 1.52 bits per heavy atom. The Morgan fingerprint density at radius 3 is 2.00 bits per heavy atom. The van der Waals surface area contributed by atoms with E-state index in [1.807, 2.05) is 0 Å². The Kier molecular flexibility index (Phi) is 4.60. The van der Waals surface area contributed by atoms with Crippen molar-refractivity contribution in [1.29, 1.82) is 0 Å². The molecule has 3 nitrogen and oxygen atoms in total. The van der Waals surface area contributed by atoms with Gasteiger partial charge in [-0.05, 0) is 88.8 Å². The van der Waals surface area contributed by atoms with Crippen molar-refractivity contribution in [1.82, 2.24) is 4.90 Å². The predicted octanol–water partition coefficient (Wildman–Crippen LogP) is 4.18. The maximum absolute atomic E-state index is 12.5. The van der Waals surface area contributed by atoms with Gasteiger partial charge in [0.25, 0.3) is 0 Å². The third-order valence-electron chi connectivity index (χ3n) is 7.23. The molecule has 5 rings (SSSR count). The zero-order valence-electron chi connectivity index (χ0n) is 13.8. The predicted molar refractivity (Wildman–Crippen MR) is 97.7 cm³/mol. The number of hydrogen-bond acceptors (Lipinski definition) is 3. The van der Waals surface area contributed by atoms with Crippen LogP contribution < -0.4 is 0 Å². The number of halogens is 2. The summed E-state index contributed by atoms with van der Waals surface area (Å²) in [6, 6.07) is 0. The van der Waals surface area contributed by atoms with Gasteiger partial charge in [0.1, 0.15) is 5.60 Å². The number of piperidine rings is 1. The van der Waals surface area contributed by atoms with Crippen LogP contribution in [0.5, 0.6) is 0 Å². The Morgan fingerprint density at radius 1 is 1.00 bits per heavy atom. The lowest BCUT2D eigenvalue weighted by molar-refractivity contribution is -0.231. The maximum atomic E-state index is 12.5. The number of hydrogen-bond donors (Lipinski definition) is 0. The summed E-state index contributed by atoms with van der Waals surface area (Å²) < 4.78 is 6.02. The minimum atomic E-state index is -0.379. The van der Waals surface area contributed by atoms with Gasteiger partial charge in [-0.25, -0.2) is 4.79 Å². The van der Waals surface area contributed by atoms with Crippen LogP contribution in [0.2, 0.25) is 0 Å². The second-order valence-electron chi connectivity index (χ2n) is 8.46. The highest BCUT2D eigenvalue weighted by Gasteiger charge is 2.62. The summed E-state index contributed by atoms with van der Waals surface area (Å²) in [5.41, 5.74) is -0.175. The van der Waals surface area contributed by atoms with Crippen molar-refractivity contribution < 1.29 is 9.53 Å². The van der Waals surface area contributed by atoms with E-state index < -0.39 is 0 Å². The van der Waals surface area contributed by atoms with Crippen LogP contribution >= 0.6 is 31.9 Å². The van der Waals surface area contributed by atoms with E-state index in [0.717, 1.165) is 24.9 Å². The third-order valence-corrected chi connectivity index (χ3v) is 7.97. The van der Waals surface area contributed by atoms with E-state index in [1.54, 1.807) is 0 Å². The fourth-order valence-electron chi connectivity index (χ4n) is 6.52. The van der Waals surface area contributed by atoms with E-state index in [2.05, 4.69) is 43.8 Å². The molecule has 23 heavy (non-hydrogen) atoms. The smallest absolute Gasteiger partial charge is 0.331 e. The summed E-state index contributed by atoms with van der Waals surface area (Å²) in [7, 11) is 2.21. The minimum absolute atomic E-state index is 0.114. The molecule has 5 heteroatoms. The Hall–Kier alpha value is 0.390. The topological polar surface area (TPSA) is 29.5 Å². The van der Waals surface area contributed by atoms with Gasteiger partial charge in [-0.1, -0.05) is 31.9 Å². The average Bonchev–Trinajstić information content (AvgIpc) is 2.51. The normalized spacial score (nSPS) is 44.0. The first kappa shape index (κ1) is 16.8. The van der Waals surface area contributed by atoms with Crippen LogP contribution in [-0.4, -0.2) is 40.3 Å². The van der Waals surface area contributed by atoms with Crippen molar-refractivity contribution in [3.63, 3.8) is 0 Å². The van der Waals surface area contributed by atoms with Crippen molar-refractivity contribution >= 4 is 37.8 Å². The molecule has 0 aromatic rings. The molecule has 4 saturated carbocycles. The highest BCUT2D eigenvalue weighted by molar-refractivity contribution is 9.25. The van der Waals surface area contributed by atoms with Gasteiger partial charge < -0.3 is 9.64 Å². The van der Waals surface area contributed by atoms with E-state index in [-0.39, 0.29) is 15.3 Å². The summed E-state index contributed by atoms with van der Waals surface area (Å²) in [5.74, 6) is 3.45. The highest BCUT2D eigenvalue weighted by Crippen LogP contribution is 2.63. The van der Waals surface area contributed by atoms with Crippen LogP contribution in [0.25, 0.3) is 0 Å². The quantitative estimate of drug-likeness (QED) is 0.479.